The summed E-state index contributed by atoms with van der Waals surface area (Å²) < 4.78 is 0. The van der Waals surface area contributed by atoms with Gasteiger partial charge in [-0.2, -0.15) is 0 Å². The minimum absolute atomic E-state index is 0.0343. The Labute approximate surface area is 145 Å². The van der Waals surface area contributed by atoms with Crippen LogP contribution in [0.25, 0.3) is 43.4 Å². The smallest absolute Gasteiger partial charge is 0.161 e. The normalized spacial score (nSPS) is 11.6. The van der Waals surface area contributed by atoms with Crippen molar-refractivity contribution >= 4 is 38.1 Å². The van der Waals surface area contributed by atoms with Crippen LogP contribution in [0.4, 0.5) is 0 Å². The summed E-state index contributed by atoms with van der Waals surface area (Å²) in [6.45, 7) is 1.57. The number of carbonyl (C=O) groups excluding carboxylic acids is 1. The number of rotatable bonds is 2. The Morgan fingerprint density at radius 2 is 1.48 bits per heavy atom. The van der Waals surface area contributed by atoms with Crippen molar-refractivity contribution in [1.82, 2.24) is 4.98 Å². The lowest BCUT2D eigenvalue weighted by Gasteiger charge is -2.14. The molecule has 0 amide bonds. The number of hydrogen-bond acceptors (Lipinski definition) is 2. The first-order valence-corrected chi connectivity index (χ1v) is 8.35. The van der Waals surface area contributed by atoms with Crippen LogP contribution in [0.2, 0.25) is 0 Å². The van der Waals surface area contributed by atoms with Gasteiger partial charge in [-0.15, -0.1) is 0 Å². The largest absolute Gasteiger partial charge is 0.294 e. The van der Waals surface area contributed by atoms with E-state index in [1.54, 1.807) is 13.1 Å². The van der Waals surface area contributed by atoms with Crippen molar-refractivity contribution in [3.63, 3.8) is 0 Å². The third-order valence-electron chi connectivity index (χ3n) is 4.98. The molecule has 0 aliphatic heterocycles. The highest BCUT2D eigenvalue weighted by Gasteiger charge is 2.12. The predicted octanol–water partition coefficient (Wildman–Crippen LogP) is 5.85. The van der Waals surface area contributed by atoms with Crippen LogP contribution in [0, 0.1) is 0 Å². The fourth-order valence-electron chi connectivity index (χ4n) is 3.77. The highest BCUT2D eigenvalue weighted by molar-refractivity contribution is 6.25. The topological polar surface area (TPSA) is 30.0 Å². The molecule has 0 N–H and O–H groups in total. The number of Topliss-reactive ketones (excluding diaryl/α,β-unsaturated/α-hetero) is 1. The van der Waals surface area contributed by atoms with Crippen molar-refractivity contribution in [2.75, 3.05) is 0 Å². The van der Waals surface area contributed by atoms with Crippen molar-refractivity contribution in [3.8, 4) is 11.1 Å². The van der Waals surface area contributed by atoms with Gasteiger partial charge in [0, 0.05) is 23.5 Å². The minimum atomic E-state index is 0.0343. The summed E-state index contributed by atoms with van der Waals surface area (Å²) in [5.74, 6) is 0.0343. The minimum Gasteiger partial charge on any atom is -0.294 e. The van der Waals surface area contributed by atoms with E-state index in [0.29, 0.717) is 5.56 Å². The van der Waals surface area contributed by atoms with Crippen molar-refractivity contribution in [1.29, 1.82) is 0 Å². The molecule has 1 heterocycles. The molecule has 0 aliphatic carbocycles. The second-order valence-electron chi connectivity index (χ2n) is 6.49. The van der Waals surface area contributed by atoms with Gasteiger partial charge in [0.2, 0.25) is 0 Å². The second-order valence-corrected chi connectivity index (χ2v) is 6.49. The highest BCUT2D eigenvalue weighted by Crippen LogP contribution is 2.39. The quantitative estimate of drug-likeness (QED) is 0.301. The van der Waals surface area contributed by atoms with Gasteiger partial charge in [-0.25, -0.2) is 0 Å². The summed E-state index contributed by atoms with van der Waals surface area (Å²) in [4.78, 5) is 16.0. The summed E-state index contributed by atoms with van der Waals surface area (Å²) in [6, 6.07) is 21.4. The zero-order valence-corrected chi connectivity index (χ0v) is 13.8. The van der Waals surface area contributed by atoms with Crippen LogP contribution in [-0.2, 0) is 0 Å². The third-order valence-corrected chi connectivity index (χ3v) is 4.98. The first-order chi connectivity index (χ1) is 12.2. The van der Waals surface area contributed by atoms with Gasteiger partial charge < -0.3 is 0 Å². The van der Waals surface area contributed by atoms with E-state index in [1.165, 1.54) is 32.3 Å². The van der Waals surface area contributed by atoms with Gasteiger partial charge in [0.25, 0.3) is 0 Å². The first-order valence-electron chi connectivity index (χ1n) is 8.35. The van der Waals surface area contributed by atoms with Crippen LogP contribution >= 0.6 is 0 Å². The molecule has 0 fully saturated rings. The molecular weight excluding hydrogens is 306 g/mol. The Kier molecular flexibility index (Phi) is 2.89. The van der Waals surface area contributed by atoms with E-state index in [4.69, 9.17) is 0 Å². The van der Waals surface area contributed by atoms with E-state index >= 15 is 0 Å². The molecule has 25 heavy (non-hydrogen) atoms. The van der Waals surface area contributed by atoms with Crippen molar-refractivity contribution in [2.45, 2.75) is 6.92 Å². The van der Waals surface area contributed by atoms with Gasteiger partial charge in [0.05, 0.1) is 0 Å². The monoisotopic (exact) mass is 321 g/mol. The summed E-state index contributed by atoms with van der Waals surface area (Å²) in [5.41, 5.74) is 2.73. The molecule has 0 spiro atoms. The molecule has 2 nitrogen and oxygen atoms in total. The van der Waals surface area contributed by atoms with E-state index in [9.17, 15) is 4.79 Å². The molecule has 5 aromatic rings. The number of carbonyl (C=O) groups is 1. The first kappa shape index (κ1) is 14.1. The number of hydrogen-bond donors (Lipinski definition) is 0. The molecule has 0 atom stereocenters. The van der Waals surface area contributed by atoms with Crippen LogP contribution in [0.3, 0.4) is 0 Å². The molecule has 0 aliphatic rings. The van der Waals surface area contributed by atoms with Gasteiger partial charge in [0.15, 0.2) is 5.78 Å². The third kappa shape index (κ3) is 2.04. The molecule has 4 aromatic carbocycles. The maximum Gasteiger partial charge on any atom is 0.161 e. The maximum absolute atomic E-state index is 11.7. The van der Waals surface area contributed by atoms with Crippen LogP contribution in [-0.4, -0.2) is 10.8 Å². The number of ketones is 1. The van der Waals surface area contributed by atoms with E-state index in [-0.39, 0.29) is 5.78 Å². The standard InChI is InChI=1S/C23H15NO/c1-14(25)18-11-19(13-24-12-18)20-9-7-17-6-5-15-3-2-4-16-8-10-21(20)23(17)22(15)16/h2-13H,1H3. The number of aromatic nitrogens is 1. The van der Waals surface area contributed by atoms with Gasteiger partial charge in [0.1, 0.15) is 0 Å². The Morgan fingerprint density at radius 3 is 2.24 bits per heavy atom. The average molecular weight is 321 g/mol. The predicted molar refractivity (Wildman–Crippen MR) is 103 cm³/mol. The van der Waals surface area contributed by atoms with E-state index < -0.39 is 0 Å². The molecule has 0 bridgehead atoms. The molecule has 0 unspecified atom stereocenters. The van der Waals surface area contributed by atoms with Gasteiger partial charge >= 0.3 is 0 Å². The van der Waals surface area contributed by atoms with Crippen LogP contribution in [0.15, 0.2) is 73.1 Å². The Bertz CT molecular complexity index is 1250. The van der Waals surface area contributed by atoms with Crippen LogP contribution < -0.4 is 0 Å². The van der Waals surface area contributed by atoms with E-state index in [2.05, 4.69) is 59.6 Å². The summed E-state index contributed by atoms with van der Waals surface area (Å²) in [7, 11) is 0. The SMILES string of the molecule is CC(=O)c1cncc(-c2ccc3ccc4cccc5ccc2c3c45)c1. The number of benzene rings is 4. The lowest BCUT2D eigenvalue weighted by Crippen LogP contribution is -1.94. The summed E-state index contributed by atoms with van der Waals surface area (Å²) >= 11 is 0. The number of nitrogens with zero attached hydrogens (tertiary/aromatic N) is 1. The second kappa shape index (κ2) is 5.12. The lowest BCUT2D eigenvalue weighted by molar-refractivity contribution is 0.101. The Morgan fingerprint density at radius 1 is 0.800 bits per heavy atom. The zero-order chi connectivity index (χ0) is 17.0. The average Bonchev–Trinajstić information content (AvgIpc) is 2.66. The molecule has 0 saturated heterocycles. The fourth-order valence-corrected chi connectivity index (χ4v) is 3.77. The van der Waals surface area contributed by atoms with Gasteiger partial charge in [-0.05, 0) is 50.9 Å². The Balaban J connectivity index is 1.91. The molecule has 1 aromatic heterocycles. The number of pyridine rings is 1. The molecule has 5 rings (SSSR count). The van der Waals surface area contributed by atoms with Gasteiger partial charge in [-0.1, -0.05) is 54.6 Å². The van der Waals surface area contributed by atoms with Crippen molar-refractivity contribution in [3.05, 3.63) is 78.6 Å². The molecule has 0 radical (unpaired) electrons. The highest BCUT2D eigenvalue weighted by atomic mass is 16.1. The van der Waals surface area contributed by atoms with Crippen molar-refractivity contribution in [2.24, 2.45) is 0 Å². The van der Waals surface area contributed by atoms with Crippen LogP contribution in [0.5, 0.6) is 0 Å². The van der Waals surface area contributed by atoms with E-state index in [0.717, 1.165) is 11.1 Å². The molecular formula is C23H15NO. The molecule has 2 heteroatoms. The lowest BCUT2D eigenvalue weighted by atomic mass is 9.90. The van der Waals surface area contributed by atoms with Crippen LogP contribution in [0.1, 0.15) is 17.3 Å². The van der Waals surface area contributed by atoms with Gasteiger partial charge in [-0.3, -0.25) is 9.78 Å². The summed E-state index contributed by atoms with van der Waals surface area (Å²) in [6.07, 6.45) is 3.46. The molecule has 0 saturated carbocycles. The molecule has 118 valence electrons. The fraction of sp³-hybridized carbons (Fsp3) is 0.0435. The van der Waals surface area contributed by atoms with E-state index in [1.807, 2.05) is 12.3 Å². The summed E-state index contributed by atoms with van der Waals surface area (Å²) in [5, 5.41) is 7.52. The Hall–Kier alpha value is -3.26. The zero-order valence-electron chi connectivity index (χ0n) is 13.8. The van der Waals surface area contributed by atoms with Crippen molar-refractivity contribution < 1.29 is 4.79 Å². The maximum atomic E-state index is 11.7.